The third-order valence-corrected chi connectivity index (χ3v) is 4.96. The van der Waals surface area contributed by atoms with Gasteiger partial charge in [0, 0.05) is 15.4 Å². The van der Waals surface area contributed by atoms with E-state index in [-0.39, 0.29) is 5.82 Å². The molecular weight excluding hydrogens is 329 g/mol. The van der Waals surface area contributed by atoms with Crippen molar-refractivity contribution >= 4 is 44.2 Å². The number of nitrogens with zero attached hydrogens (tertiary/aromatic N) is 2. The van der Waals surface area contributed by atoms with Crippen LogP contribution in [0.25, 0.3) is 11.0 Å². The summed E-state index contributed by atoms with van der Waals surface area (Å²) >= 11 is 5.15. The van der Waals surface area contributed by atoms with Gasteiger partial charge >= 0.3 is 0 Å². The monoisotopic (exact) mass is 339 g/mol. The minimum atomic E-state index is -0.255. The highest BCUT2D eigenvalue weighted by molar-refractivity contribution is 9.10. The number of aromatic nitrogens is 2. The second-order valence-corrected chi connectivity index (χ2v) is 6.19. The summed E-state index contributed by atoms with van der Waals surface area (Å²) in [6, 6.07) is 5.22. The van der Waals surface area contributed by atoms with Crippen LogP contribution in [0.4, 0.5) is 10.3 Å². The molecule has 0 bridgehead atoms. The molecule has 1 aromatic carbocycles. The van der Waals surface area contributed by atoms with Crippen LogP contribution in [0.5, 0.6) is 0 Å². The third kappa shape index (κ3) is 2.15. The van der Waals surface area contributed by atoms with Gasteiger partial charge in [-0.1, -0.05) is 0 Å². The number of nitrogens with two attached hydrogens (primary N) is 1. The summed E-state index contributed by atoms with van der Waals surface area (Å²) in [7, 11) is 0. The molecule has 0 aliphatic rings. The molecule has 0 amide bonds. The molecule has 3 rings (SSSR count). The van der Waals surface area contributed by atoms with Gasteiger partial charge in [-0.25, -0.2) is 9.37 Å². The normalized spacial score (nSPS) is 11.3. The highest BCUT2D eigenvalue weighted by atomic mass is 79.9. The zero-order valence-electron chi connectivity index (χ0n) is 10.2. The fourth-order valence-electron chi connectivity index (χ4n) is 2.02. The van der Waals surface area contributed by atoms with Gasteiger partial charge in [0.1, 0.15) is 5.82 Å². The van der Waals surface area contributed by atoms with E-state index in [9.17, 15) is 4.39 Å². The molecule has 98 valence electrons. The maximum Gasteiger partial charge on any atom is 0.201 e. The van der Waals surface area contributed by atoms with E-state index in [1.807, 2.05) is 16.0 Å². The van der Waals surface area contributed by atoms with E-state index < -0.39 is 0 Å². The second kappa shape index (κ2) is 4.61. The van der Waals surface area contributed by atoms with Crippen LogP contribution in [0.2, 0.25) is 0 Å². The lowest BCUT2D eigenvalue weighted by Crippen LogP contribution is -2.03. The molecule has 0 fully saturated rings. The lowest BCUT2D eigenvalue weighted by molar-refractivity contribution is 0.620. The number of fused-ring (bicyclic) bond motifs is 1. The zero-order chi connectivity index (χ0) is 13.6. The highest BCUT2D eigenvalue weighted by Crippen LogP contribution is 2.27. The van der Waals surface area contributed by atoms with Crippen LogP contribution in [0.1, 0.15) is 10.4 Å². The van der Waals surface area contributed by atoms with Crippen molar-refractivity contribution in [1.82, 2.24) is 9.55 Å². The van der Waals surface area contributed by atoms with Gasteiger partial charge in [0.05, 0.1) is 17.6 Å². The van der Waals surface area contributed by atoms with Gasteiger partial charge in [-0.3, -0.25) is 0 Å². The van der Waals surface area contributed by atoms with Crippen LogP contribution < -0.4 is 5.73 Å². The summed E-state index contributed by atoms with van der Waals surface area (Å²) in [6.07, 6.45) is 0. The molecule has 6 heteroatoms. The number of anilines is 1. The molecule has 3 nitrogen and oxygen atoms in total. The Morgan fingerprint density at radius 1 is 1.47 bits per heavy atom. The number of rotatable bonds is 2. The first-order valence-corrected chi connectivity index (χ1v) is 7.37. The molecule has 2 aromatic heterocycles. The van der Waals surface area contributed by atoms with Crippen molar-refractivity contribution in [3.05, 3.63) is 44.3 Å². The maximum absolute atomic E-state index is 13.5. The average Bonchev–Trinajstić information content (AvgIpc) is 2.88. The Morgan fingerprint density at radius 2 is 2.26 bits per heavy atom. The van der Waals surface area contributed by atoms with Gasteiger partial charge < -0.3 is 10.3 Å². The van der Waals surface area contributed by atoms with Crippen molar-refractivity contribution in [2.45, 2.75) is 13.5 Å². The molecule has 0 aliphatic carbocycles. The summed E-state index contributed by atoms with van der Waals surface area (Å²) in [4.78, 5) is 5.38. The molecule has 2 N–H and O–H groups in total. The van der Waals surface area contributed by atoms with Gasteiger partial charge in [-0.15, -0.1) is 11.3 Å². The van der Waals surface area contributed by atoms with E-state index in [4.69, 9.17) is 5.73 Å². The zero-order valence-corrected chi connectivity index (χ0v) is 12.6. The minimum Gasteiger partial charge on any atom is -0.369 e. The number of halogens is 2. The molecule has 3 aromatic rings. The Bertz CT molecular complexity index is 763. The predicted molar refractivity (Wildman–Crippen MR) is 80.0 cm³/mol. The first-order chi connectivity index (χ1) is 9.06. The second-order valence-electron chi connectivity index (χ2n) is 4.34. The SMILES string of the molecule is Cc1cc2c(cc1F)nc(N)n2Cc1sccc1Br. The first kappa shape index (κ1) is 12.6. The Kier molecular flexibility index (Phi) is 3.06. The van der Waals surface area contributed by atoms with E-state index >= 15 is 0 Å². The van der Waals surface area contributed by atoms with Crippen LogP contribution in [-0.2, 0) is 6.54 Å². The van der Waals surface area contributed by atoms with Crippen molar-refractivity contribution in [3.63, 3.8) is 0 Å². The lowest BCUT2D eigenvalue weighted by Gasteiger charge is -2.06. The topological polar surface area (TPSA) is 43.8 Å². The molecule has 19 heavy (non-hydrogen) atoms. The molecule has 0 radical (unpaired) electrons. The van der Waals surface area contributed by atoms with E-state index in [1.165, 1.54) is 6.07 Å². The summed E-state index contributed by atoms with van der Waals surface area (Å²) in [5, 5.41) is 2.01. The molecule has 0 atom stereocenters. The smallest absolute Gasteiger partial charge is 0.201 e. The van der Waals surface area contributed by atoms with Crippen LogP contribution in [0, 0.1) is 12.7 Å². The quantitative estimate of drug-likeness (QED) is 0.768. The van der Waals surface area contributed by atoms with Crippen LogP contribution >= 0.6 is 27.3 Å². The van der Waals surface area contributed by atoms with E-state index in [2.05, 4.69) is 20.9 Å². The number of hydrogen-bond acceptors (Lipinski definition) is 3. The van der Waals surface area contributed by atoms with Gasteiger partial charge in [0.25, 0.3) is 0 Å². The van der Waals surface area contributed by atoms with Crippen molar-refractivity contribution in [2.24, 2.45) is 0 Å². The lowest BCUT2D eigenvalue weighted by atomic mass is 10.2. The minimum absolute atomic E-state index is 0.255. The Morgan fingerprint density at radius 3 is 2.95 bits per heavy atom. The number of imidazole rings is 1. The number of benzene rings is 1. The summed E-state index contributed by atoms with van der Waals surface area (Å²) < 4.78 is 16.5. The fourth-order valence-corrected chi connectivity index (χ4v) is 3.48. The summed E-state index contributed by atoms with van der Waals surface area (Å²) in [6.45, 7) is 2.37. The number of aryl methyl sites for hydroxylation is 1. The van der Waals surface area contributed by atoms with Crippen molar-refractivity contribution in [2.75, 3.05) is 5.73 Å². The average molecular weight is 340 g/mol. The van der Waals surface area contributed by atoms with Crippen molar-refractivity contribution in [3.8, 4) is 0 Å². The van der Waals surface area contributed by atoms with Gasteiger partial charge in [-0.05, 0) is 45.9 Å². The van der Waals surface area contributed by atoms with Crippen LogP contribution in [0.15, 0.2) is 28.1 Å². The van der Waals surface area contributed by atoms with Crippen molar-refractivity contribution < 1.29 is 4.39 Å². The molecule has 2 heterocycles. The molecule has 0 aliphatic heterocycles. The van der Waals surface area contributed by atoms with Crippen LogP contribution in [-0.4, -0.2) is 9.55 Å². The van der Waals surface area contributed by atoms with E-state index in [0.717, 1.165) is 14.9 Å². The highest BCUT2D eigenvalue weighted by Gasteiger charge is 2.12. The Balaban J connectivity index is 2.15. The van der Waals surface area contributed by atoms with Crippen LogP contribution in [0.3, 0.4) is 0 Å². The standard InChI is InChI=1S/C13H11BrFN3S/c1-7-4-11-10(5-9(7)15)17-13(16)18(11)6-12-8(14)2-3-19-12/h2-5H,6H2,1H3,(H2,16,17). The first-order valence-electron chi connectivity index (χ1n) is 5.70. The Labute approximate surface area is 122 Å². The van der Waals surface area contributed by atoms with E-state index in [1.54, 1.807) is 24.3 Å². The third-order valence-electron chi connectivity index (χ3n) is 3.05. The summed E-state index contributed by atoms with van der Waals surface area (Å²) in [5.74, 6) is 0.148. The molecule has 0 unspecified atom stereocenters. The molecular formula is C13H11BrFN3S. The van der Waals surface area contributed by atoms with E-state index in [0.29, 0.717) is 23.6 Å². The molecule has 0 saturated heterocycles. The Hall–Kier alpha value is -1.40. The predicted octanol–water partition coefficient (Wildman–Crippen LogP) is 3.94. The number of nitrogen functional groups attached to an aromatic ring is 1. The fraction of sp³-hybridized carbons (Fsp3) is 0.154. The maximum atomic E-state index is 13.5. The largest absolute Gasteiger partial charge is 0.369 e. The molecule has 0 spiro atoms. The summed E-state index contributed by atoms with van der Waals surface area (Å²) in [5.41, 5.74) is 7.98. The van der Waals surface area contributed by atoms with Gasteiger partial charge in [-0.2, -0.15) is 0 Å². The number of hydrogen-bond donors (Lipinski definition) is 1. The van der Waals surface area contributed by atoms with Crippen molar-refractivity contribution in [1.29, 1.82) is 0 Å². The number of thiophene rings is 1. The van der Waals surface area contributed by atoms with Gasteiger partial charge in [0.2, 0.25) is 5.95 Å². The molecule has 0 saturated carbocycles. The van der Waals surface area contributed by atoms with Gasteiger partial charge in [0.15, 0.2) is 0 Å².